The van der Waals surface area contributed by atoms with Gasteiger partial charge in [-0.15, -0.1) is 0 Å². The molecular formula is C14H11FN2O3. The Kier molecular flexibility index (Phi) is 4.05. The molecule has 0 bridgehead atoms. The molecule has 0 saturated heterocycles. The number of pyridine rings is 1. The minimum atomic E-state index is -1.14. The van der Waals surface area contributed by atoms with Crippen LogP contribution in [0.2, 0.25) is 0 Å². The van der Waals surface area contributed by atoms with Crippen molar-refractivity contribution in [3.05, 3.63) is 59.7 Å². The highest BCUT2D eigenvalue weighted by Crippen LogP contribution is 2.09. The van der Waals surface area contributed by atoms with Gasteiger partial charge in [-0.3, -0.25) is 4.79 Å². The zero-order valence-electron chi connectivity index (χ0n) is 10.3. The van der Waals surface area contributed by atoms with Crippen molar-refractivity contribution in [3.63, 3.8) is 0 Å². The lowest BCUT2D eigenvalue weighted by molar-refractivity contribution is -0.115. The van der Waals surface area contributed by atoms with E-state index in [4.69, 9.17) is 5.11 Å². The van der Waals surface area contributed by atoms with Gasteiger partial charge >= 0.3 is 5.97 Å². The van der Waals surface area contributed by atoms with Crippen molar-refractivity contribution < 1.29 is 19.1 Å². The van der Waals surface area contributed by atoms with Crippen LogP contribution in [0.15, 0.2) is 42.6 Å². The van der Waals surface area contributed by atoms with Gasteiger partial charge in [-0.2, -0.15) is 0 Å². The van der Waals surface area contributed by atoms with E-state index < -0.39 is 11.8 Å². The predicted octanol–water partition coefficient (Wildman–Crippen LogP) is 2.10. The second-order valence-corrected chi connectivity index (χ2v) is 4.09. The molecule has 1 amide bonds. The Morgan fingerprint density at radius 2 is 2.05 bits per heavy atom. The first-order valence-electron chi connectivity index (χ1n) is 5.78. The van der Waals surface area contributed by atoms with Crippen LogP contribution in [0, 0.1) is 5.82 Å². The van der Waals surface area contributed by atoms with Crippen molar-refractivity contribution in [2.24, 2.45) is 0 Å². The molecule has 0 unspecified atom stereocenters. The minimum Gasteiger partial charge on any atom is -0.477 e. The average Bonchev–Trinajstić information content (AvgIpc) is 2.39. The summed E-state index contributed by atoms with van der Waals surface area (Å²) in [5, 5.41) is 11.3. The highest BCUT2D eigenvalue weighted by molar-refractivity contribution is 5.92. The number of hydrogen-bond acceptors (Lipinski definition) is 3. The average molecular weight is 274 g/mol. The molecule has 0 saturated carbocycles. The lowest BCUT2D eigenvalue weighted by atomic mass is 10.1. The molecule has 1 aromatic heterocycles. The van der Waals surface area contributed by atoms with Crippen molar-refractivity contribution in [1.82, 2.24) is 4.98 Å². The molecule has 0 atom stereocenters. The molecule has 20 heavy (non-hydrogen) atoms. The molecule has 2 aromatic rings. The van der Waals surface area contributed by atoms with E-state index in [0.717, 1.165) is 0 Å². The Labute approximate surface area is 114 Å². The third-order valence-corrected chi connectivity index (χ3v) is 2.52. The standard InChI is InChI=1S/C14H11FN2O3/c15-10-3-1-2-9(6-10)7-13(18)17-11-4-5-12(14(19)20)16-8-11/h1-6,8H,7H2,(H,17,18)(H,19,20). The largest absolute Gasteiger partial charge is 0.477 e. The van der Waals surface area contributed by atoms with Gasteiger partial charge in [0, 0.05) is 0 Å². The highest BCUT2D eigenvalue weighted by atomic mass is 19.1. The lowest BCUT2D eigenvalue weighted by Gasteiger charge is -2.05. The topological polar surface area (TPSA) is 79.3 Å². The number of rotatable bonds is 4. The van der Waals surface area contributed by atoms with Gasteiger partial charge in [0.2, 0.25) is 5.91 Å². The summed E-state index contributed by atoms with van der Waals surface area (Å²) in [7, 11) is 0. The number of halogens is 1. The van der Waals surface area contributed by atoms with Crippen LogP contribution in [0.5, 0.6) is 0 Å². The van der Waals surface area contributed by atoms with E-state index in [2.05, 4.69) is 10.3 Å². The molecule has 0 aliphatic rings. The summed E-state index contributed by atoms with van der Waals surface area (Å²) in [4.78, 5) is 26.0. The van der Waals surface area contributed by atoms with Crippen molar-refractivity contribution in [1.29, 1.82) is 0 Å². The van der Waals surface area contributed by atoms with Crippen LogP contribution in [-0.2, 0) is 11.2 Å². The molecule has 1 aromatic carbocycles. The monoisotopic (exact) mass is 274 g/mol. The van der Waals surface area contributed by atoms with Crippen LogP contribution < -0.4 is 5.32 Å². The Bertz CT molecular complexity index is 641. The van der Waals surface area contributed by atoms with Crippen LogP contribution in [0.25, 0.3) is 0 Å². The molecule has 0 radical (unpaired) electrons. The van der Waals surface area contributed by atoms with Gasteiger partial charge in [-0.1, -0.05) is 12.1 Å². The number of nitrogens with one attached hydrogen (secondary N) is 1. The number of anilines is 1. The fourth-order valence-corrected chi connectivity index (χ4v) is 1.63. The summed E-state index contributed by atoms with van der Waals surface area (Å²) in [6.07, 6.45) is 1.28. The molecule has 0 fully saturated rings. The van der Waals surface area contributed by atoms with E-state index in [1.807, 2.05) is 0 Å². The van der Waals surface area contributed by atoms with E-state index in [1.54, 1.807) is 6.07 Å². The zero-order chi connectivity index (χ0) is 14.5. The van der Waals surface area contributed by atoms with Crippen LogP contribution in [-0.4, -0.2) is 22.0 Å². The second kappa shape index (κ2) is 5.92. The molecule has 102 valence electrons. The molecule has 0 aliphatic heterocycles. The second-order valence-electron chi connectivity index (χ2n) is 4.09. The molecule has 6 heteroatoms. The van der Waals surface area contributed by atoms with Gasteiger partial charge in [0.1, 0.15) is 11.5 Å². The first-order valence-corrected chi connectivity index (χ1v) is 5.78. The van der Waals surface area contributed by atoms with Crippen molar-refractivity contribution in [2.45, 2.75) is 6.42 Å². The van der Waals surface area contributed by atoms with Crippen LogP contribution >= 0.6 is 0 Å². The third-order valence-electron chi connectivity index (χ3n) is 2.52. The summed E-state index contributed by atoms with van der Waals surface area (Å²) in [6.45, 7) is 0. The molecule has 1 heterocycles. The maximum absolute atomic E-state index is 13.0. The van der Waals surface area contributed by atoms with Crippen molar-refractivity contribution in [3.8, 4) is 0 Å². The van der Waals surface area contributed by atoms with Gasteiger partial charge < -0.3 is 10.4 Å². The molecule has 2 rings (SSSR count). The highest BCUT2D eigenvalue weighted by Gasteiger charge is 2.07. The smallest absolute Gasteiger partial charge is 0.354 e. The number of carboxylic acids is 1. The normalized spacial score (nSPS) is 10.1. The number of carbonyl (C=O) groups excluding carboxylic acids is 1. The molecule has 2 N–H and O–H groups in total. The number of carboxylic acid groups (broad SMARTS) is 1. The first kappa shape index (κ1) is 13.7. The van der Waals surface area contributed by atoms with Crippen LogP contribution in [0.1, 0.15) is 16.1 Å². The van der Waals surface area contributed by atoms with Gasteiger partial charge in [0.15, 0.2) is 0 Å². The Balaban J connectivity index is 1.99. The number of aromatic nitrogens is 1. The van der Waals surface area contributed by atoms with E-state index in [-0.39, 0.29) is 18.0 Å². The van der Waals surface area contributed by atoms with Crippen LogP contribution in [0.4, 0.5) is 10.1 Å². The zero-order valence-corrected chi connectivity index (χ0v) is 10.3. The third kappa shape index (κ3) is 3.61. The molecular weight excluding hydrogens is 263 g/mol. The van der Waals surface area contributed by atoms with Gasteiger partial charge in [-0.05, 0) is 29.8 Å². The number of carbonyl (C=O) groups is 2. The summed E-state index contributed by atoms with van der Waals surface area (Å²) >= 11 is 0. The summed E-state index contributed by atoms with van der Waals surface area (Å²) in [6, 6.07) is 8.50. The molecule has 0 spiro atoms. The number of nitrogens with zero attached hydrogens (tertiary/aromatic N) is 1. The van der Waals surface area contributed by atoms with Gasteiger partial charge in [0.05, 0.1) is 18.3 Å². The van der Waals surface area contributed by atoms with Crippen molar-refractivity contribution >= 4 is 17.6 Å². The quantitative estimate of drug-likeness (QED) is 0.894. The van der Waals surface area contributed by atoms with Crippen molar-refractivity contribution in [2.75, 3.05) is 5.32 Å². The molecule has 0 aliphatic carbocycles. The fraction of sp³-hybridized carbons (Fsp3) is 0.0714. The van der Waals surface area contributed by atoms with Crippen LogP contribution in [0.3, 0.4) is 0 Å². The minimum absolute atomic E-state index is 0.0262. The van der Waals surface area contributed by atoms with E-state index in [9.17, 15) is 14.0 Å². The predicted molar refractivity (Wildman–Crippen MR) is 69.9 cm³/mol. The summed E-state index contributed by atoms with van der Waals surface area (Å²) in [5.74, 6) is -1.87. The fourth-order valence-electron chi connectivity index (χ4n) is 1.63. The number of aromatic carboxylic acids is 1. The lowest BCUT2D eigenvalue weighted by Crippen LogP contribution is -2.15. The summed E-state index contributed by atoms with van der Waals surface area (Å²) < 4.78 is 13.0. The van der Waals surface area contributed by atoms with E-state index >= 15 is 0 Å². The Hall–Kier alpha value is -2.76. The first-order chi connectivity index (χ1) is 9.54. The van der Waals surface area contributed by atoms with Gasteiger partial charge in [0.25, 0.3) is 0 Å². The van der Waals surface area contributed by atoms with E-state index in [0.29, 0.717) is 11.3 Å². The SMILES string of the molecule is O=C(Cc1cccc(F)c1)Nc1ccc(C(=O)O)nc1. The Morgan fingerprint density at radius 1 is 1.25 bits per heavy atom. The maximum Gasteiger partial charge on any atom is 0.354 e. The maximum atomic E-state index is 13.0. The van der Waals surface area contributed by atoms with Gasteiger partial charge in [-0.25, -0.2) is 14.2 Å². The number of benzene rings is 1. The summed E-state index contributed by atoms with van der Waals surface area (Å²) in [5.41, 5.74) is 0.835. The number of hydrogen-bond donors (Lipinski definition) is 2. The molecule has 5 nitrogen and oxygen atoms in total. The Morgan fingerprint density at radius 3 is 2.65 bits per heavy atom. The number of amides is 1. The van der Waals surface area contributed by atoms with E-state index in [1.165, 1.54) is 36.5 Å².